The molecule has 1 amide bonds. The summed E-state index contributed by atoms with van der Waals surface area (Å²) < 4.78 is 24.0. The molecule has 0 fully saturated rings. The van der Waals surface area contributed by atoms with Crippen LogP contribution in [0.3, 0.4) is 0 Å². The summed E-state index contributed by atoms with van der Waals surface area (Å²) in [5.41, 5.74) is 3.71. The lowest BCUT2D eigenvalue weighted by atomic mass is 10.0. The molecule has 6 nitrogen and oxygen atoms in total. The first-order valence-electron chi connectivity index (χ1n) is 10.9. The largest absolute Gasteiger partial charge is 0.496 e. The number of ether oxygens (including phenoxy) is 2. The molecule has 7 heteroatoms. The van der Waals surface area contributed by atoms with E-state index >= 15 is 0 Å². The fourth-order valence-corrected chi connectivity index (χ4v) is 3.57. The summed E-state index contributed by atoms with van der Waals surface area (Å²) in [6, 6.07) is 18.6. The second-order valence-electron chi connectivity index (χ2n) is 8.13. The number of nitrogens with one attached hydrogen (secondary N) is 1. The van der Waals surface area contributed by atoms with E-state index in [0.29, 0.717) is 11.3 Å². The van der Waals surface area contributed by atoms with Gasteiger partial charge in [0.25, 0.3) is 5.91 Å². The lowest BCUT2D eigenvalue weighted by Crippen LogP contribution is -2.29. The second-order valence-corrected chi connectivity index (χ2v) is 8.13. The van der Waals surface area contributed by atoms with Gasteiger partial charge in [0, 0.05) is 24.1 Å². The summed E-state index contributed by atoms with van der Waals surface area (Å²) >= 11 is 0. The zero-order valence-electron chi connectivity index (χ0n) is 19.4. The maximum Gasteiger partial charge on any atom is 0.333 e. The van der Waals surface area contributed by atoms with Crippen molar-refractivity contribution >= 4 is 11.9 Å². The second kappa shape index (κ2) is 11.4. The van der Waals surface area contributed by atoms with Crippen molar-refractivity contribution in [3.63, 3.8) is 0 Å². The van der Waals surface area contributed by atoms with Crippen LogP contribution >= 0.6 is 0 Å². The Bertz CT molecular complexity index is 1130. The van der Waals surface area contributed by atoms with Crippen molar-refractivity contribution in [1.29, 1.82) is 0 Å². The van der Waals surface area contributed by atoms with Crippen LogP contribution < -0.4 is 10.1 Å². The Labute approximate surface area is 198 Å². The average molecular weight is 466 g/mol. The van der Waals surface area contributed by atoms with Crippen molar-refractivity contribution in [1.82, 2.24) is 5.32 Å². The van der Waals surface area contributed by atoms with Crippen molar-refractivity contribution < 1.29 is 28.6 Å². The minimum atomic E-state index is -1.02. The molecule has 0 saturated heterocycles. The molecular formula is C27H28FNO5. The van der Waals surface area contributed by atoms with Gasteiger partial charge in [-0.05, 0) is 60.9 Å². The van der Waals surface area contributed by atoms with Crippen molar-refractivity contribution in [3.8, 4) is 16.9 Å². The van der Waals surface area contributed by atoms with Crippen LogP contribution in [0.4, 0.5) is 4.39 Å². The van der Waals surface area contributed by atoms with Crippen LogP contribution in [-0.2, 0) is 22.5 Å². The highest BCUT2D eigenvalue weighted by molar-refractivity contribution is 5.94. The number of rotatable bonds is 10. The highest BCUT2D eigenvalue weighted by Crippen LogP contribution is 2.23. The van der Waals surface area contributed by atoms with E-state index < -0.39 is 12.1 Å². The van der Waals surface area contributed by atoms with Crippen molar-refractivity contribution in [2.45, 2.75) is 39.0 Å². The molecule has 0 saturated carbocycles. The van der Waals surface area contributed by atoms with E-state index in [2.05, 4.69) is 5.32 Å². The molecule has 1 unspecified atom stereocenters. The highest BCUT2D eigenvalue weighted by Gasteiger charge is 2.21. The molecule has 0 aliphatic heterocycles. The van der Waals surface area contributed by atoms with E-state index in [1.54, 1.807) is 50.2 Å². The summed E-state index contributed by atoms with van der Waals surface area (Å²) in [6.45, 7) is 3.78. The summed E-state index contributed by atoms with van der Waals surface area (Å²) in [7, 11) is 1.54. The molecule has 34 heavy (non-hydrogen) atoms. The molecule has 0 spiro atoms. The Hall–Kier alpha value is -3.71. The van der Waals surface area contributed by atoms with Gasteiger partial charge in [0.2, 0.25) is 0 Å². The molecule has 3 rings (SSSR count). The lowest BCUT2D eigenvalue weighted by Gasteiger charge is -2.18. The van der Waals surface area contributed by atoms with E-state index in [0.717, 1.165) is 22.3 Å². The number of methoxy groups -OCH3 is 1. The van der Waals surface area contributed by atoms with Gasteiger partial charge in [0.1, 0.15) is 11.6 Å². The average Bonchev–Trinajstić information content (AvgIpc) is 2.82. The third kappa shape index (κ3) is 6.65. The normalized spacial score (nSPS) is 11.8. The predicted octanol–water partition coefficient (Wildman–Crippen LogP) is 4.85. The fraction of sp³-hybridized carbons (Fsp3) is 0.259. The summed E-state index contributed by atoms with van der Waals surface area (Å²) in [4.78, 5) is 24.2. The highest BCUT2D eigenvalue weighted by atomic mass is 19.1. The summed E-state index contributed by atoms with van der Waals surface area (Å²) in [5, 5.41) is 12.3. The number of carbonyl (C=O) groups is 2. The SMILES string of the molecule is COc1ccc(CC(OC(C)C)C(=O)O)cc1CNC(=O)c1ccc(-c2ccc(F)cc2)cc1. The van der Waals surface area contributed by atoms with Crippen LogP contribution in [0.1, 0.15) is 35.3 Å². The van der Waals surface area contributed by atoms with Crippen LogP contribution in [0.5, 0.6) is 5.75 Å². The minimum Gasteiger partial charge on any atom is -0.496 e. The molecule has 0 bridgehead atoms. The van der Waals surface area contributed by atoms with Gasteiger partial charge in [-0.3, -0.25) is 4.79 Å². The number of amides is 1. The minimum absolute atomic E-state index is 0.198. The zero-order chi connectivity index (χ0) is 24.7. The Morgan fingerprint density at radius 3 is 2.15 bits per heavy atom. The third-order valence-corrected chi connectivity index (χ3v) is 5.24. The summed E-state index contributed by atoms with van der Waals surface area (Å²) in [5.74, 6) is -0.995. The van der Waals surface area contributed by atoms with Gasteiger partial charge in [0.05, 0.1) is 13.2 Å². The molecule has 3 aromatic rings. The maximum atomic E-state index is 13.1. The van der Waals surface area contributed by atoms with E-state index in [4.69, 9.17) is 9.47 Å². The first-order valence-corrected chi connectivity index (χ1v) is 10.9. The van der Waals surface area contributed by atoms with E-state index in [9.17, 15) is 19.1 Å². The first-order chi connectivity index (χ1) is 16.3. The van der Waals surface area contributed by atoms with Crippen molar-refractivity contribution in [3.05, 3.63) is 89.2 Å². The Kier molecular flexibility index (Phi) is 8.38. The van der Waals surface area contributed by atoms with Gasteiger partial charge in [-0.15, -0.1) is 0 Å². The molecule has 3 aromatic carbocycles. The number of carboxylic acid groups (broad SMARTS) is 1. The van der Waals surface area contributed by atoms with E-state index in [1.807, 2.05) is 18.2 Å². The summed E-state index contributed by atoms with van der Waals surface area (Å²) in [6.07, 6.45) is -0.980. The van der Waals surface area contributed by atoms with Gasteiger partial charge in [-0.1, -0.05) is 36.4 Å². The van der Waals surface area contributed by atoms with Gasteiger partial charge < -0.3 is 19.9 Å². The first kappa shape index (κ1) is 24.9. The van der Waals surface area contributed by atoms with Gasteiger partial charge >= 0.3 is 5.97 Å². The number of hydrogen-bond acceptors (Lipinski definition) is 4. The predicted molar refractivity (Wildman–Crippen MR) is 127 cm³/mol. The van der Waals surface area contributed by atoms with Crippen LogP contribution in [0.25, 0.3) is 11.1 Å². The van der Waals surface area contributed by atoms with Crippen LogP contribution in [-0.4, -0.2) is 36.3 Å². The van der Waals surface area contributed by atoms with Crippen LogP contribution in [0.15, 0.2) is 66.7 Å². The van der Waals surface area contributed by atoms with Crippen molar-refractivity contribution in [2.24, 2.45) is 0 Å². The molecule has 0 heterocycles. The van der Waals surface area contributed by atoms with Gasteiger partial charge in [0.15, 0.2) is 6.10 Å². The molecule has 1 atom stereocenters. The molecular weight excluding hydrogens is 437 g/mol. The number of aliphatic carboxylic acids is 1. The smallest absolute Gasteiger partial charge is 0.333 e. The molecule has 2 N–H and O–H groups in total. The zero-order valence-corrected chi connectivity index (χ0v) is 19.4. The monoisotopic (exact) mass is 465 g/mol. The molecule has 0 aromatic heterocycles. The van der Waals surface area contributed by atoms with Gasteiger partial charge in [-0.2, -0.15) is 0 Å². The number of hydrogen-bond donors (Lipinski definition) is 2. The van der Waals surface area contributed by atoms with Gasteiger partial charge in [-0.25, -0.2) is 9.18 Å². The number of carbonyl (C=O) groups excluding carboxylic acids is 1. The molecule has 0 radical (unpaired) electrons. The number of benzene rings is 3. The van der Waals surface area contributed by atoms with Crippen molar-refractivity contribution in [2.75, 3.05) is 7.11 Å². The topological polar surface area (TPSA) is 84.9 Å². The quantitative estimate of drug-likeness (QED) is 0.447. The number of carboxylic acids is 1. The van der Waals surface area contributed by atoms with E-state index in [1.165, 1.54) is 19.2 Å². The van der Waals surface area contributed by atoms with Crippen LogP contribution in [0, 0.1) is 5.82 Å². The fourth-order valence-electron chi connectivity index (χ4n) is 3.57. The molecule has 0 aliphatic carbocycles. The third-order valence-electron chi connectivity index (χ3n) is 5.24. The van der Waals surface area contributed by atoms with Crippen LogP contribution in [0.2, 0.25) is 0 Å². The van der Waals surface area contributed by atoms with E-state index in [-0.39, 0.29) is 30.8 Å². The molecule has 178 valence electrons. The lowest BCUT2D eigenvalue weighted by molar-refractivity contribution is -0.153. The Morgan fingerprint density at radius 1 is 0.971 bits per heavy atom. The Morgan fingerprint density at radius 2 is 1.59 bits per heavy atom. The number of halogens is 1. The molecule has 0 aliphatic rings. The standard InChI is InChI=1S/C27H28FNO5/c1-17(2)34-25(27(31)32)15-18-4-13-24(33-3)22(14-18)16-29-26(30)21-7-5-19(6-8-21)20-9-11-23(28)12-10-20/h4-14,17,25H,15-16H2,1-3H3,(H,29,30)(H,31,32). The Balaban J connectivity index is 1.68. The maximum absolute atomic E-state index is 13.1.